The number of aliphatic hydroxyl groups is 1. The lowest BCUT2D eigenvalue weighted by Gasteiger charge is -2.55. The highest BCUT2D eigenvalue weighted by Crippen LogP contribution is 2.57. The van der Waals surface area contributed by atoms with Gasteiger partial charge in [-0.15, -0.1) is 0 Å². The number of nitrogens with one attached hydrogen (secondary N) is 2. The number of hydrogen-bond donors (Lipinski definition) is 3. The van der Waals surface area contributed by atoms with E-state index in [1.165, 1.54) is 0 Å². The molecule has 0 amide bonds. The van der Waals surface area contributed by atoms with E-state index in [0.717, 1.165) is 10.4 Å². The quantitative estimate of drug-likeness (QED) is 0.105. The maximum Gasteiger partial charge on any atom is 0.280 e. The van der Waals surface area contributed by atoms with E-state index in [2.05, 4.69) is 33.8 Å². The minimum absolute atomic E-state index is 0.0547. The molecule has 3 heterocycles. The average Bonchev–Trinajstić information content (AvgIpc) is 3.52. The minimum atomic E-state index is -2.79. The van der Waals surface area contributed by atoms with Crippen molar-refractivity contribution in [2.75, 3.05) is 26.6 Å². The van der Waals surface area contributed by atoms with E-state index >= 15 is 0 Å². The number of benzene rings is 2. The van der Waals surface area contributed by atoms with Gasteiger partial charge in [-0.1, -0.05) is 104 Å². The summed E-state index contributed by atoms with van der Waals surface area (Å²) in [5, 5.41) is 18.1. The van der Waals surface area contributed by atoms with E-state index in [4.69, 9.17) is 19.3 Å². The van der Waals surface area contributed by atoms with Gasteiger partial charge in [0.2, 0.25) is 5.95 Å². The van der Waals surface area contributed by atoms with Crippen molar-refractivity contribution in [2.24, 2.45) is 10.6 Å². The number of ether oxygens (including phenoxy) is 2. The van der Waals surface area contributed by atoms with E-state index in [1.807, 2.05) is 81.4 Å². The van der Waals surface area contributed by atoms with Gasteiger partial charge in [0, 0.05) is 27.9 Å². The number of nitrogens with zero attached hydrogens (tertiary/aromatic N) is 5. The Balaban J connectivity index is 1.99. The van der Waals surface area contributed by atoms with E-state index in [9.17, 15) is 9.90 Å². The third-order valence-corrected chi connectivity index (χ3v) is 12.0. The smallest absolute Gasteiger partial charge is 0.280 e. The monoisotopic (exact) mass is 617 g/mol. The zero-order valence-corrected chi connectivity index (χ0v) is 27.0. The Morgan fingerprint density at radius 3 is 2.25 bits per heavy atom. The third kappa shape index (κ3) is 4.77. The molecule has 2 aromatic heterocycles. The van der Waals surface area contributed by atoms with Gasteiger partial charge in [-0.05, 0) is 5.41 Å². The number of hydrazine groups is 1. The molecular weight excluding hydrogens is 578 g/mol. The fraction of sp³-hybridized carbons (Fsp3) is 0.355. The predicted molar refractivity (Wildman–Crippen MR) is 173 cm³/mol. The summed E-state index contributed by atoms with van der Waals surface area (Å²) in [4.78, 5) is 30.9. The number of imidazole rings is 1. The van der Waals surface area contributed by atoms with Crippen molar-refractivity contribution in [3.63, 3.8) is 0 Å². The Hall–Kier alpha value is -4.14. The predicted octanol–water partition coefficient (Wildman–Crippen LogP) is 1.58. The summed E-state index contributed by atoms with van der Waals surface area (Å²) in [5.41, 5.74) is 0.647. The highest BCUT2D eigenvalue weighted by molar-refractivity contribution is 6.87. The number of methoxy groups -OCH3 is 1. The van der Waals surface area contributed by atoms with Gasteiger partial charge < -0.3 is 19.4 Å². The molecule has 0 radical (unpaired) electrons. The number of oxime groups is 1. The van der Waals surface area contributed by atoms with Crippen molar-refractivity contribution in [2.45, 2.75) is 43.9 Å². The molecule has 0 aliphatic carbocycles. The Morgan fingerprint density at radius 1 is 1.16 bits per heavy atom. The zero-order chi connectivity index (χ0) is 31.9. The maximum atomic E-state index is 13.4. The molecule has 0 bridgehead atoms. The summed E-state index contributed by atoms with van der Waals surface area (Å²) in [7, 11) is 2.34. The highest BCUT2D eigenvalue weighted by atomic mass is 28.3. The molecule has 44 heavy (non-hydrogen) atoms. The standard InChI is InChI=1S/C31H39N7O5Si/c1-20(43-32-5)24-25(39)30(41-8,29(2,3)4)31(42-24,44(21-15-11-9-12-16-21)22-17-13-10-14-18-22)38-19-33-23-26(38)34-28(35-27(23)40)36-37(6)7/h9-19,24-25,39,44H,1,5H2,2-4,6-8H3,(H2,34,35,36,40)/t24-,25-,30+,31+/m1/s1. The van der Waals surface area contributed by atoms with Gasteiger partial charge >= 0.3 is 0 Å². The third-order valence-electron chi connectivity index (χ3n) is 8.23. The molecule has 1 fully saturated rings. The first kappa shape index (κ1) is 31.3. The second kappa shape index (κ2) is 11.7. The lowest BCUT2D eigenvalue weighted by molar-refractivity contribution is -0.211. The van der Waals surface area contributed by atoms with Gasteiger partial charge in [-0.25, -0.2) is 9.99 Å². The molecule has 12 nitrogen and oxygen atoms in total. The fourth-order valence-electron chi connectivity index (χ4n) is 6.71. The van der Waals surface area contributed by atoms with Crippen LogP contribution in [0.1, 0.15) is 20.8 Å². The van der Waals surface area contributed by atoms with Crippen molar-refractivity contribution in [1.82, 2.24) is 24.5 Å². The second-order valence-electron chi connectivity index (χ2n) is 12.0. The molecule has 2 aromatic carbocycles. The number of H-pyrrole nitrogens is 1. The van der Waals surface area contributed by atoms with Crippen LogP contribution in [0.4, 0.5) is 5.95 Å². The van der Waals surface area contributed by atoms with Crippen LogP contribution >= 0.6 is 0 Å². The lowest BCUT2D eigenvalue weighted by atomic mass is 9.71. The number of fused-ring (bicyclic) bond motifs is 1. The molecule has 1 saturated heterocycles. The number of rotatable bonds is 10. The number of aliphatic hydroxyl groups excluding tert-OH is 1. The lowest BCUT2D eigenvalue weighted by Crippen LogP contribution is -2.76. The molecule has 3 N–H and O–H groups in total. The average molecular weight is 618 g/mol. The highest BCUT2D eigenvalue weighted by Gasteiger charge is 2.75. The van der Waals surface area contributed by atoms with Crippen LogP contribution in [-0.2, 0) is 19.7 Å². The van der Waals surface area contributed by atoms with Crippen LogP contribution in [0.3, 0.4) is 0 Å². The number of hydrogen-bond acceptors (Lipinski definition) is 10. The van der Waals surface area contributed by atoms with E-state index in [-0.39, 0.29) is 22.9 Å². The van der Waals surface area contributed by atoms with E-state index in [0.29, 0.717) is 0 Å². The van der Waals surface area contributed by atoms with Gasteiger partial charge in [0.25, 0.3) is 5.56 Å². The SMILES string of the molecule is C=NOC(=C)[C@H]1O[C@](n2cnc3c(=O)[nH]c(NN(C)C)nc32)([SiH](c2ccccc2)c2ccccc2)[C@@](OC)(C(C)(C)C)[C@@H]1O. The Morgan fingerprint density at radius 2 is 1.75 bits per heavy atom. The first-order valence-corrected chi connectivity index (χ1v) is 15.9. The van der Waals surface area contributed by atoms with Crippen molar-refractivity contribution in [1.29, 1.82) is 0 Å². The summed E-state index contributed by atoms with van der Waals surface area (Å²) >= 11 is 0. The van der Waals surface area contributed by atoms with Crippen LogP contribution in [0, 0.1) is 5.41 Å². The normalized spacial score (nSPS) is 23.8. The van der Waals surface area contributed by atoms with Crippen LogP contribution in [0.25, 0.3) is 11.2 Å². The van der Waals surface area contributed by atoms with Gasteiger partial charge in [0.1, 0.15) is 17.8 Å². The Bertz CT molecular complexity index is 1670. The molecule has 1 aliphatic heterocycles. The van der Waals surface area contributed by atoms with Gasteiger partial charge in [0.05, 0.1) is 6.33 Å². The van der Waals surface area contributed by atoms with Crippen LogP contribution in [0.2, 0.25) is 0 Å². The number of anilines is 1. The topological polar surface area (TPSA) is 139 Å². The molecule has 5 rings (SSSR count). The fourth-order valence-corrected chi connectivity index (χ4v) is 11.1. The summed E-state index contributed by atoms with van der Waals surface area (Å²) < 4.78 is 15.6. The van der Waals surface area contributed by atoms with Crippen LogP contribution < -0.4 is 21.4 Å². The second-order valence-corrected chi connectivity index (χ2v) is 15.0. The molecule has 4 aromatic rings. The van der Waals surface area contributed by atoms with Crippen molar-refractivity contribution < 1.29 is 19.4 Å². The molecular formula is C31H39N7O5Si. The largest absolute Gasteiger partial charge is 0.387 e. The number of aromatic nitrogens is 4. The zero-order valence-electron chi connectivity index (χ0n) is 25.8. The molecule has 13 heteroatoms. The number of aromatic amines is 1. The summed E-state index contributed by atoms with van der Waals surface area (Å²) in [6.07, 6.45) is -0.883. The van der Waals surface area contributed by atoms with E-state index in [1.54, 1.807) is 37.1 Å². The Labute approximate surface area is 257 Å². The van der Waals surface area contributed by atoms with Crippen molar-refractivity contribution in [3.8, 4) is 0 Å². The van der Waals surface area contributed by atoms with Gasteiger partial charge in [-0.2, -0.15) is 4.98 Å². The minimum Gasteiger partial charge on any atom is -0.387 e. The summed E-state index contributed by atoms with van der Waals surface area (Å²) in [5.74, 6) is 0.263. The maximum absolute atomic E-state index is 13.4. The van der Waals surface area contributed by atoms with Crippen LogP contribution in [0.5, 0.6) is 0 Å². The Kier molecular flexibility index (Phi) is 8.35. The van der Waals surface area contributed by atoms with Crippen molar-refractivity contribution in [3.05, 3.63) is 89.7 Å². The van der Waals surface area contributed by atoms with Crippen molar-refractivity contribution >= 4 is 43.0 Å². The molecule has 4 atom stereocenters. The first-order chi connectivity index (χ1) is 20.9. The summed E-state index contributed by atoms with van der Waals surface area (Å²) in [6, 6.07) is 20.0. The molecule has 232 valence electrons. The molecule has 0 saturated carbocycles. The van der Waals surface area contributed by atoms with Crippen LogP contribution in [-0.4, -0.2) is 84.2 Å². The molecule has 0 unspecified atom stereocenters. The summed E-state index contributed by atoms with van der Waals surface area (Å²) in [6.45, 7) is 13.4. The first-order valence-electron chi connectivity index (χ1n) is 14.2. The van der Waals surface area contributed by atoms with E-state index < -0.39 is 42.9 Å². The van der Waals surface area contributed by atoms with Gasteiger partial charge in [-0.3, -0.25) is 19.8 Å². The molecule has 0 spiro atoms. The molecule has 1 aliphatic rings. The van der Waals surface area contributed by atoms with Gasteiger partial charge in [0.15, 0.2) is 31.1 Å². The van der Waals surface area contributed by atoms with Crippen LogP contribution in [0.15, 0.2) is 89.3 Å².